The number of benzene rings is 1. The van der Waals surface area contributed by atoms with Gasteiger partial charge in [0.1, 0.15) is 0 Å². The summed E-state index contributed by atoms with van der Waals surface area (Å²) in [7, 11) is -4.31. The molecule has 112 valence electrons. The molecule has 0 saturated heterocycles. The van der Waals surface area contributed by atoms with E-state index >= 15 is 0 Å². The summed E-state index contributed by atoms with van der Waals surface area (Å²) < 4.78 is 11.9. The minimum absolute atomic E-state index is 0.127. The highest BCUT2D eigenvalue weighted by Gasteiger charge is 2.10. The first-order chi connectivity index (χ1) is 9.83. The highest BCUT2D eigenvalue weighted by molar-refractivity contribution is 7.55. The molecule has 0 fully saturated rings. The van der Waals surface area contributed by atoms with E-state index in [0.717, 1.165) is 10.6 Å². The highest BCUT2D eigenvalue weighted by atomic mass is 31.2. The summed E-state index contributed by atoms with van der Waals surface area (Å²) in [4.78, 5) is 43.6. The van der Waals surface area contributed by atoms with Gasteiger partial charge < -0.3 is 20.5 Å². The fourth-order valence-electron chi connectivity index (χ4n) is 2.00. The molecule has 2 rings (SSSR count). The molecular formula is C12H14N3O5P. The van der Waals surface area contributed by atoms with Gasteiger partial charge in [0, 0.05) is 18.9 Å². The van der Waals surface area contributed by atoms with Crippen LogP contribution in [0, 0.1) is 0 Å². The first-order valence-electron chi connectivity index (χ1n) is 6.01. The molecule has 0 bridgehead atoms. The lowest BCUT2D eigenvalue weighted by molar-refractivity contribution is 0.386. The second-order valence-electron chi connectivity index (χ2n) is 4.36. The van der Waals surface area contributed by atoms with Gasteiger partial charge in [-0.3, -0.25) is 18.7 Å². The second kappa shape index (κ2) is 5.79. The van der Waals surface area contributed by atoms with Crippen molar-refractivity contribution in [3.63, 3.8) is 0 Å². The molecule has 0 saturated carbocycles. The van der Waals surface area contributed by atoms with Crippen molar-refractivity contribution in [3.8, 4) is 0 Å². The maximum absolute atomic E-state index is 11.9. The number of nitrogens with two attached hydrogens (primary N) is 1. The first kappa shape index (κ1) is 15.4. The first-order valence-corrected chi connectivity index (χ1v) is 7.69. The number of para-hydroxylation sites is 1. The largest absolute Gasteiger partial charge is 0.348 e. The van der Waals surface area contributed by atoms with Gasteiger partial charge in [-0.05, 0) is 11.6 Å². The van der Waals surface area contributed by atoms with Gasteiger partial charge in [-0.15, -0.1) is 0 Å². The van der Waals surface area contributed by atoms with Crippen molar-refractivity contribution in [1.82, 2.24) is 9.55 Å². The van der Waals surface area contributed by atoms with Gasteiger partial charge in [-0.2, -0.15) is 0 Å². The van der Waals surface area contributed by atoms with Gasteiger partial charge in [0.05, 0.1) is 11.0 Å². The summed E-state index contributed by atoms with van der Waals surface area (Å²) in [6.07, 6.45) is 1.15. The molecule has 21 heavy (non-hydrogen) atoms. The molecule has 2 aromatic rings. The van der Waals surface area contributed by atoms with E-state index in [1.54, 1.807) is 18.2 Å². The van der Waals surface area contributed by atoms with Gasteiger partial charge in [0.25, 0.3) is 0 Å². The van der Waals surface area contributed by atoms with Gasteiger partial charge in [-0.25, -0.2) is 0 Å². The van der Waals surface area contributed by atoms with Crippen LogP contribution in [0.5, 0.6) is 0 Å². The Kier molecular flexibility index (Phi) is 4.24. The Morgan fingerprint density at radius 2 is 2.05 bits per heavy atom. The summed E-state index contributed by atoms with van der Waals surface area (Å²) in [6.45, 7) is 0.0577. The van der Waals surface area contributed by atoms with E-state index < -0.39 is 18.7 Å². The number of fused-ring (bicyclic) bond motifs is 1. The SMILES string of the molecule is NCc1cccc2c1[nH]c(=O)c(=O)n2CC=CP(=O)(O)O. The zero-order valence-electron chi connectivity index (χ0n) is 10.9. The predicted molar refractivity (Wildman–Crippen MR) is 77.9 cm³/mol. The van der Waals surface area contributed by atoms with Gasteiger partial charge in [0.2, 0.25) is 0 Å². The number of aromatic nitrogens is 2. The number of rotatable bonds is 4. The van der Waals surface area contributed by atoms with E-state index in [9.17, 15) is 14.2 Å². The topological polar surface area (TPSA) is 138 Å². The van der Waals surface area contributed by atoms with Crippen LogP contribution in [0.15, 0.2) is 39.7 Å². The maximum Gasteiger partial charge on any atom is 0.348 e. The third-order valence-electron chi connectivity index (χ3n) is 2.90. The molecule has 1 aromatic carbocycles. The van der Waals surface area contributed by atoms with Crippen LogP contribution in [0.3, 0.4) is 0 Å². The highest BCUT2D eigenvalue weighted by Crippen LogP contribution is 2.35. The van der Waals surface area contributed by atoms with Crippen LogP contribution in [0.25, 0.3) is 11.0 Å². The molecule has 0 amide bonds. The van der Waals surface area contributed by atoms with E-state index in [4.69, 9.17) is 15.5 Å². The number of H-pyrrole nitrogens is 1. The second-order valence-corrected chi connectivity index (χ2v) is 5.84. The molecule has 9 heteroatoms. The van der Waals surface area contributed by atoms with Gasteiger partial charge in [0.15, 0.2) is 0 Å². The molecule has 0 aliphatic rings. The van der Waals surface area contributed by atoms with Crippen molar-refractivity contribution in [2.45, 2.75) is 13.1 Å². The molecule has 1 heterocycles. The fraction of sp³-hybridized carbons (Fsp3) is 0.167. The molecule has 0 aliphatic carbocycles. The zero-order chi connectivity index (χ0) is 15.6. The van der Waals surface area contributed by atoms with Crippen LogP contribution < -0.4 is 16.9 Å². The van der Waals surface area contributed by atoms with E-state index in [1.807, 2.05) is 0 Å². The number of hydrogen-bond donors (Lipinski definition) is 4. The van der Waals surface area contributed by atoms with Crippen LogP contribution in [-0.4, -0.2) is 19.3 Å². The third-order valence-corrected chi connectivity index (χ3v) is 3.50. The zero-order valence-corrected chi connectivity index (χ0v) is 11.8. The van der Waals surface area contributed by atoms with Crippen LogP contribution in [-0.2, 0) is 17.7 Å². The average Bonchev–Trinajstić information content (AvgIpc) is 2.41. The quantitative estimate of drug-likeness (QED) is 0.457. The van der Waals surface area contributed by atoms with Crippen LogP contribution in [0.1, 0.15) is 5.56 Å². The normalized spacial score (nSPS) is 12.3. The minimum atomic E-state index is -4.31. The van der Waals surface area contributed by atoms with Crippen molar-refractivity contribution in [3.05, 3.63) is 56.4 Å². The Balaban J connectivity index is 2.65. The van der Waals surface area contributed by atoms with Crippen molar-refractivity contribution < 1.29 is 14.4 Å². The molecule has 0 spiro atoms. The standard InChI is InChI=1S/C12H14N3O5P/c13-7-8-3-1-4-9-10(8)14-11(16)12(17)15(9)5-2-6-21(18,19)20/h1-4,6H,5,7,13H2,(H,14,16)(H2,18,19,20). The Morgan fingerprint density at radius 3 is 2.67 bits per heavy atom. The Morgan fingerprint density at radius 1 is 1.33 bits per heavy atom. The number of hydrogen-bond acceptors (Lipinski definition) is 4. The molecule has 5 N–H and O–H groups in total. The fourth-order valence-corrected chi connectivity index (χ4v) is 2.36. The monoisotopic (exact) mass is 311 g/mol. The van der Waals surface area contributed by atoms with Gasteiger partial charge >= 0.3 is 18.7 Å². The molecule has 0 unspecified atom stereocenters. The number of nitrogens with one attached hydrogen (secondary N) is 1. The van der Waals surface area contributed by atoms with E-state index in [0.29, 0.717) is 22.4 Å². The lowest BCUT2D eigenvalue weighted by Gasteiger charge is -2.10. The Hall–Kier alpha value is -1.99. The summed E-state index contributed by atoms with van der Waals surface area (Å²) in [6, 6.07) is 5.03. The molecule has 0 radical (unpaired) electrons. The molecule has 8 nitrogen and oxygen atoms in total. The summed E-state index contributed by atoms with van der Waals surface area (Å²) in [5.41, 5.74) is 5.52. The molecule has 1 aromatic heterocycles. The van der Waals surface area contributed by atoms with Crippen molar-refractivity contribution in [1.29, 1.82) is 0 Å². The summed E-state index contributed by atoms with van der Waals surface area (Å²) in [5.74, 6) is 0.694. The third kappa shape index (κ3) is 3.37. The van der Waals surface area contributed by atoms with Gasteiger partial charge in [-0.1, -0.05) is 18.2 Å². The number of allylic oxidation sites excluding steroid dienone is 1. The van der Waals surface area contributed by atoms with E-state index in [-0.39, 0.29) is 13.1 Å². The lowest BCUT2D eigenvalue weighted by atomic mass is 10.1. The minimum Gasteiger partial charge on any atom is -0.326 e. The Labute approximate surface area is 118 Å². The average molecular weight is 311 g/mol. The predicted octanol–water partition coefficient (Wildman–Crippen LogP) is -0.160. The molecule has 0 atom stereocenters. The van der Waals surface area contributed by atoms with Crippen LogP contribution in [0.2, 0.25) is 0 Å². The van der Waals surface area contributed by atoms with Crippen LogP contribution >= 0.6 is 7.60 Å². The van der Waals surface area contributed by atoms with E-state index in [2.05, 4.69) is 4.98 Å². The number of aromatic amines is 1. The van der Waals surface area contributed by atoms with Crippen molar-refractivity contribution >= 4 is 18.6 Å². The lowest BCUT2D eigenvalue weighted by Crippen LogP contribution is -2.36. The molecule has 0 aliphatic heterocycles. The number of nitrogens with zero attached hydrogens (tertiary/aromatic N) is 1. The van der Waals surface area contributed by atoms with Crippen LogP contribution in [0.4, 0.5) is 0 Å². The maximum atomic E-state index is 11.9. The summed E-state index contributed by atoms with van der Waals surface area (Å²) in [5, 5.41) is 0. The smallest absolute Gasteiger partial charge is 0.326 e. The summed E-state index contributed by atoms with van der Waals surface area (Å²) >= 11 is 0. The Bertz CT molecular complexity index is 861. The van der Waals surface area contributed by atoms with Crippen molar-refractivity contribution in [2.75, 3.05) is 0 Å². The van der Waals surface area contributed by atoms with Crippen molar-refractivity contribution in [2.24, 2.45) is 5.73 Å². The molecular weight excluding hydrogens is 297 g/mol. The van der Waals surface area contributed by atoms with E-state index in [1.165, 1.54) is 0 Å².